The van der Waals surface area contributed by atoms with Crippen molar-refractivity contribution in [2.75, 3.05) is 11.9 Å². The van der Waals surface area contributed by atoms with Gasteiger partial charge < -0.3 is 9.88 Å². The highest BCUT2D eigenvalue weighted by molar-refractivity contribution is 6.30. The van der Waals surface area contributed by atoms with Crippen LogP contribution in [0, 0.1) is 12.7 Å². The molecule has 0 unspecified atom stereocenters. The number of H-pyrrole nitrogens is 1. The van der Waals surface area contributed by atoms with Crippen molar-refractivity contribution in [3.05, 3.63) is 94.9 Å². The van der Waals surface area contributed by atoms with Crippen molar-refractivity contribution >= 4 is 17.3 Å². The Bertz CT molecular complexity index is 1120. The predicted octanol–water partition coefficient (Wildman–Crippen LogP) is 6.48. The molecule has 1 N–H and O–H groups in total. The van der Waals surface area contributed by atoms with Crippen LogP contribution in [-0.4, -0.2) is 17.0 Å². The minimum Gasteiger partial charge on any atom is -0.370 e. The molecule has 0 amide bonds. The van der Waals surface area contributed by atoms with E-state index >= 15 is 0 Å². The molecule has 3 nitrogen and oxygen atoms in total. The fourth-order valence-corrected chi connectivity index (χ4v) is 3.49. The van der Waals surface area contributed by atoms with Gasteiger partial charge in [-0.15, -0.1) is 0 Å². The second-order valence-corrected chi connectivity index (χ2v) is 7.54. The third-order valence-corrected chi connectivity index (χ3v) is 5.14. The van der Waals surface area contributed by atoms with Gasteiger partial charge in [-0.3, -0.25) is 0 Å². The molecule has 0 saturated carbocycles. The molecule has 4 aromatic rings. The average Bonchev–Trinajstić information content (AvgIpc) is 3.10. The number of aromatic nitrogens is 2. The standard InChI is InChI=1S/C24H21ClFN3/c1-16-23(18-6-10-20(25)11-7-18)28-24(27-16)19-8-12-22(13-9-19)29(2)15-17-4-3-5-21(26)14-17/h3-14H,15H2,1-2H3,(H,27,28). The molecule has 0 aliphatic heterocycles. The quantitative estimate of drug-likeness (QED) is 0.412. The third-order valence-electron chi connectivity index (χ3n) is 4.89. The Balaban J connectivity index is 1.53. The summed E-state index contributed by atoms with van der Waals surface area (Å²) in [6.07, 6.45) is 0. The van der Waals surface area contributed by atoms with Crippen molar-refractivity contribution in [1.29, 1.82) is 0 Å². The second kappa shape index (κ2) is 8.10. The van der Waals surface area contributed by atoms with E-state index < -0.39 is 0 Å². The summed E-state index contributed by atoms with van der Waals surface area (Å²) < 4.78 is 13.4. The summed E-state index contributed by atoms with van der Waals surface area (Å²) in [7, 11) is 2.00. The van der Waals surface area contributed by atoms with Gasteiger partial charge in [0.1, 0.15) is 11.6 Å². The van der Waals surface area contributed by atoms with Crippen molar-refractivity contribution in [3.63, 3.8) is 0 Å². The van der Waals surface area contributed by atoms with E-state index in [2.05, 4.69) is 22.0 Å². The van der Waals surface area contributed by atoms with Crippen LogP contribution in [-0.2, 0) is 6.54 Å². The minimum absolute atomic E-state index is 0.212. The molecule has 0 aliphatic carbocycles. The van der Waals surface area contributed by atoms with Crippen LogP contribution in [0.2, 0.25) is 5.02 Å². The van der Waals surface area contributed by atoms with Gasteiger partial charge in [0.25, 0.3) is 0 Å². The maximum atomic E-state index is 13.4. The molecule has 4 rings (SSSR count). The fraction of sp³-hybridized carbons (Fsp3) is 0.125. The predicted molar refractivity (Wildman–Crippen MR) is 118 cm³/mol. The van der Waals surface area contributed by atoms with Gasteiger partial charge in [-0.25, -0.2) is 9.37 Å². The van der Waals surface area contributed by atoms with E-state index in [1.807, 2.05) is 56.4 Å². The molecule has 0 saturated heterocycles. The van der Waals surface area contributed by atoms with Crippen LogP contribution < -0.4 is 4.90 Å². The van der Waals surface area contributed by atoms with Crippen LogP contribution >= 0.6 is 11.6 Å². The number of nitrogens with one attached hydrogen (secondary N) is 1. The number of halogens is 2. The zero-order valence-electron chi connectivity index (χ0n) is 16.3. The van der Waals surface area contributed by atoms with E-state index in [0.29, 0.717) is 11.6 Å². The Morgan fingerprint density at radius 3 is 2.34 bits per heavy atom. The van der Waals surface area contributed by atoms with Gasteiger partial charge in [0.05, 0.1) is 5.69 Å². The number of aryl methyl sites for hydroxylation is 1. The van der Waals surface area contributed by atoms with E-state index in [4.69, 9.17) is 16.6 Å². The molecule has 146 valence electrons. The van der Waals surface area contributed by atoms with Gasteiger partial charge in [-0.05, 0) is 61.0 Å². The van der Waals surface area contributed by atoms with E-state index in [1.165, 1.54) is 6.07 Å². The summed E-state index contributed by atoms with van der Waals surface area (Å²) in [5.41, 5.74) is 5.96. The molecule has 0 fully saturated rings. The second-order valence-electron chi connectivity index (χ2n) is 7.10. The van der Waals surface area contributed by atoms with E-state index in [9.17, 15) is 4.39 Å². The number of hydrogen-bond acceptors (Lipinski definition) is 2. The van der Waals surface area contributed by atoms with Crippen molar-refractivity contribution < 1.29 is 4.39 Å². The van der Waals surface area contributed by atoms with Gasteiger partial charge in [0.15, 0.2) is 0 Å². The maximum absolute atomic E-state index is 13.4. The van der Waals surface area contributed by atoms with Gasteiger partial charge in [-0.2, -0.15) is 0 Å². The van der Waals surface area contributed by atoms with Crippen LogP contribution in [0.5, 0.6) is 0 Å². The lowest BCUT2D eigenvalue weighted by molar-refractivity contribution is 0.625. The minimum atomic E-state index is -0.212. The summed E-state index contributed by atoms with van der Waals surface area (Å²) in [6.45, 7) is 2.65. The van der Waals surface area contributed by atoms with Crippen LogP contribution in [0.1, 0.15) is 11.3 Å². The topological polar surface area (TPSA) is 31.9 Å². The van der Waals surface area contributed by atoms with Crippen LogP contribution in [0.3, 0.4) is 0 Å². The molecule has 5 heteroatoms. The van der Waals surface area contributed by atoms with Crippen molar-refractivity contribution in [1.82, 2.24) is 9.97 Å². The first-order valence-electron chi connectivity index (χ1n) is 9.38. The molecular formula is C24H21ClFN3. The zero-order chi connectivity index (χ0) is 20.4. The lowest BCUT2D eigenvalue weighted by Crippen LogP contribution is -2.16. The summed E-state index contributed by atoms with van der Waals surface area (Å²) in [4.78, 5) is 10.2. The number of hydrogen-bond donors (Lipinski definition) is 1. The molecule has 1 aromatic heterocycles. The molecule has 29 heavy (non-hydrogen) atoms. The van der Waals surface area contributed by atoms with E-state index in [-0.39, 0.29) is 5.82 Å². The smallest absolute Gasteiger partial charge is 0.138 e. The van der Waals surface area contributed by atoms with Crippen molar-refractivity contribution in [3.8, 4) is 22.6 Å². The summed E-state index contributed by atoms with van der Waals surface area (Å²) in [5, 5.41) is 0.708. The number of aromatic amines is 1. The highest BCUT2D eigenvalue weighted by Gasteiger charge is 2.11. The molecular weight excluding hydrogens is 385 g/mol. The molecule has 1 heterocycles. The Morgan fingerprint density at radius 1 is 0.966 bits per heavy atom. The van der Waals surface area contributed by atoms with Crippen molar-refractivity contribution in [2.24, 2.45) is 0 Å². The fourth-order valence-electron chi connectivity index (χ4n) is 3.36. The molecule has 0 bridgehead atoms. The first kappa shape index (κ1) is 19.2. The Kier molecular flexibility index (Phi) is 5.36. The first-order chi connectivity index (χ1) is 14.0. The lowest BCUT2D eigenvalue weighted by atomic mass is 10.1. The number of rotatable bonds is 5. The summed E-state index contributed by atoms with van der Waals surface area (Å²) >= 11 is 5.99. The molecule has 3 aromatic carbocycles. The highest BCUT2D eigenvalue weighted by Crippen LogP contribution is 2.28. The Morgan fingerprint density at radius 2 is 1.66 bits per heavy atom. The number of anilines is 1. The molecule has 0 atom stereocenters. The molecule has 0 radical (unpaired) electrons. The molecule has 0 aliphatic rings. The van der Waals surface area contributed by atoms with E-state index in [0.717, 1.165) is 39.6 Å². The Hall–Kier alpha value is -3.11. The van der Waals surface area contributed by atoms with Gasteiger partial charge in [0.2, 0.25) is 0 Å². The zero-order valence-corrected chi connectivity index (χ0v) is 17.0. The number of benzene rings is 3. The average molecular weight is 406 g/mol. The molecule has 0 spiro atoms. The number of imidazole rings is 1. The monoisotopic (exact) mass is 405 g/mol. The van der Waals surface area contributed by atoms with Crippen LogP contribution in [0.4, 0.5) is 10.1 Å². The van der Waals surface area contributed by atoms with Gasteiger partial charge in [-0.1, -0.05) is 35.9 Å². The van der Waals surface area contributed by atoms with Crippen LogP contribution in [0.25, 0.3) is 22.6 Å². The van der Waals surface area contributed by atoms with Gasteiger partial charge >= 0.3 is 0 Å². The summed E-state index contributed by atoms with van der Waals surface area (Å²) in [6, 6.07) is 22.6. The SMILES string of the molecule is Cc1[nH]c(-c2ccc(N(C)Cc3cccc(F)c3)cc2)nc1-c1ccc(Cl)cc1. The third kappa shape index (κ3) is 4.33. The largest absolute Gasteiger partial charge is 0.370 e. The van der Waals surface area contributed by atoms with Crippen molar-refractivity contribution in [2.45, 2.75) is 13.5 Å². The summed E-state index contributed by atoms with van der Waals surface area (Å²) in [5.74, 6) is 0.614. The Labute approximate surface area is 174 Å². The van der Waals surface area contributed by atoms with Crippen LogP contribution in [0.15, 0.2) is 72.8 Å². The first-order valence-corrected chi connectivity index (χ1v) is 9.76. The normalized spacial score (nSPS) is 10.9. The van der Waals surface area contributed by atoms with Gasteiger partial charge in [0, 0.05) is 41.1 Å². The highest BCUT2D eigenvalue weighted by atomic mass is 35.5. The maximum Gasteiger partial charge on any atom is 0.138 e. The van der Waals surface area contributed by atoms with E-state index in [1.54, 1.807) is 12.1 Å². The lowest BCUT2D eigenvalue weighted by Gasteiger charge is -2.19. The number of nitrogens with zero attached hydrogens (tertiary/aromatic N) is 2.